The van der Waals surface area contributed by atoms with Gasteiger partial charge in [-0.25, -0.2) is 4.99 Å². The third-order valence-electron chi connectivity index (χ3n) is 5.93. The van der Waals surface area contributed by atoms with Crippen LogP contribution in [0, 0.1) is 6.92 Å². The summed E-state index contributed by atoms with van der Waals surface area (Å²) in [7, 11) is 0. The highest BCUT2D eigenvalue weighted by atomic mass is 32.1. The first-order valence-electron chi connectivity index (χ1n) is 11.7. The van der Waals surface area contributed by atoms with Gasteiger partial charge < -0.3 is 14.0 Å². The quantitative estimate of drug-likeness (QED) is 0.338. The zero-order chi connectivity index (χ0) is 23.2. The fourth-order valence-electron chi connectivity index (χ4n) is 3.98. The van der Waals surface area contributed by atoms with Gasteiger partial charge >= 0.3 is 0 Å². The molecule has 0 spiro atoms. The van der Waals surface area contributed by atoms with Gasteiger partial charge in [0.15, 0.2) is 4.80 Å². The summed E-state index contributed by atoms with van der Waals surface area (Å²) >= 11 is 1.69. The van der Waals surface area contributed by atoms with Gasteiger partial charge in [0, 0.05) is 31.6 Å². The molecule has 4 aromatic rings. The molecule has 0 bridgehead atoms. The van der Waals surface area contributed by atoms with Gasteiger partial charge in [0.1, 0.15) is 11.5 Å². The Kier molecular flexibility index (Phi) is 7.19. The molecule has 1 aromatic heterocycles. The molecule has 0 aliphatic carbocycles. The molecule has 0 amide bonds. The summed E-state index contributed by atoms with van der Waals surface area (Å²) in [4.78, 5) is 8.45. The molecule has 5 nitrogen and oxygen atoms in total. The highest BCUT2D eigenvalue weighted by Gasteiger charge is 2.13. The number of hydrogen-bond donors (Lipinski definition) is 0. The number of morpholine rings is 1. The largest absolute Gasteiger partial charge is 0.457 e. The van der Waals surface area contributed by atoms with Crippen LogP contribution in [0.3, 0.4) is 0 Å². The second kappa shape index (κ2) is 10.8. The minimum atomic E-state index is 0.810. The van der Waals surface area contributed by atoms with Crippen molar-refractivity contribution >= 4 is 17.0 Å². The zero-order valence-corrected chi connectivity index (χ0v) is 20.2. The lowest BCUT2D eigenvalue weighted by Crippen LogP contribution is -2.39. The maximum absolute atomic E-state index is 5.98. The molecular weight excluding hydrogens is 442 g/mol. The molecule has 3 aromatic carbocycles. The van der Waals surface area contributed by atoms with Crippen molar-refractivity contribution in [2.45, 2.75) is 13.5 Å². The number of aromatic nitrogens is 1. The van der Waals surface area contributed by atoms with Crippen molar-refractivity contribution in [2.75, 3.05) is 32.8 Å². The van der Waals surface area contributed by atoms with Crippen LogP contribution in [0.15, 0.2) is 89.2 Å². The number of nitrogens with zero attached hydrogens (tertiary/aromatic N) is 3. The van der Waals surface area contributed by atoms with E-state index in [4.69, 9.17) is 14.5 Å². The van der Waals surface area contributed by atoms with Gasteiger partial charge in [-0.15, -0.1) is 11.3 Å². The van der Waals surface area contributed by atoms with Crippen molar-refractivity contribution in [3.05, 3.63) is 94.6 Å². The van der Waals surface area contributed by atoms with Gasteiger partial charge in [0.2, 0.25) is 0 Å². The number of thiazole rings is 1. The van der Waals surface area contributed by atoms with Crippen molar-refractivity contribution in [2.24, 2.45) is 4.99 Å². The number of benzene rings is 3. The lowest BCUT2D eigenvalue weighted by Gasteiger charge is -2.26. The van der Waals surface area contributed by atoms with Crippen molar-refractivity contribution in [3.63, 3.8) is 0 Å². The molecule has 174 valence electrons. The number of rotatable bonds is 7. The minimum Gasteiger partial charge on any atom is -0.457 e. The molecule has 5 rings (SSSR count). The van der Waals surface area contributed by atoms with Gasteiger partial charge in [-0.05, 0) is 61.0 Å². The predicted octanol–water partition coefficient (Wildman–Crippen LogP) is 5.88. The highest BCUT2D eigenvalue weighted by molar-refractivity contribution is 7.07. The Morgan fingerprint density at radius 1 is 0.853 bits per heavy atom. The molecule has 2 heterocycles. The van der Waals surface area contributed by atoms with Gasteiger partial charge in [-0.1, -0.05) is 35.9 Å². The van der Waals surface area contributed by atoms with Crippen LogP contribution in [0.1, 0.15) is 5.56 Å². The topological polar surface area (TPSA) is 39.0 Å². The smallest absolute Gasteiger partial charge is 0.190 e. The van der Waals surface area contributed by atoms with Crippen LogP contribution in [0.4, 0.5) is 5.69 Å². The van der Waals surface area contributed by atoms with Crippen LogP contribution in [0.25, 0.3) is 11.3 Å². The van der Waals surface area contributed by atoms with Crippen LogP contribution in [-0.2, 0) is 11.3 Å². The average molecular weight is 472 g/mol. The van der Waals surface area contributed by atoms with E-state index in [1.54, 1.807) is 11.3 Å². The van der Waals surface area contributed by atoms with E-state index < -0.39 is 0 Å². The zero-order valence-electron chi connectivity index (χ0n) is 19.4. The molecular formula is C28H29N3O2S. The third-order valence-corrected chi connectivity index (χ3v) is 6.79. The van der Waals surface area contributed by atoms with Crippen LogP contribution >= 0.6 is 11.3 Å². The first kappa shape index (κ1) is 22.6. The van der Waals surface area contributed by atoms with E-state index in [0.717, 1.165) is 66.9 Å². The second-order valence-corrected chi connectivity index (χ2v) is 9.23. The lowest BCUT2D eigenvalue weighted by molar-refractivity contribution is 0.0363. The average Bonchev–Trinajstić information content (AvgIpc) is 3.28. The Hall–Kier alpha value is -3.19. The van der Waals surface area contributed by atoms with E-state index in [9.17, 15) is 0 Å². The molecule has 0 saturated carbocycles. The first-order valence-corrected chi connectivity index (χ1v) is 12.6. The SMILES string of the molecule is Cc1ccc(N=c2scc(-c3ccc(Oc4ccccc4)cc3)n2CCN2CCOCC2)cc1. The Morgan fingerprint density at radius 2 is 1.56 bits per heavy atom. The predicted molar refractivity (Wildman–Crippen MR) is 138 cm³/mol. The Labute approximate surface area is 204 Å². The number of ether oxygens (including phenoxy) is 2. The summed E-state index contributed by atoms with van der Waals surface area (Å²) in [6, 6.07) is 26.6. The van der Waals surface area contributed by atoms with Crippen molar-refractivity contribution in [3.8, 4) is 22.8 Å². The summed E-state index contributed by atoms with van der Waals surface area (Å²) in [5.41, 5.74) is 4.55. The summed E-state index contributed by atoms with van der Waals surface area (Å²) in [6.07, 6.45) is 0. The first-order chi connectivity index (χ1) is 16.7. The van der Waals surface area contributed by atoms with Crippen LogP contribution in [-0.4, -0.2) is 42.3 Å². The minimum absolute atomic E-state index is 0.810. The fraction of sp³-hybridized carbons (Fsp3) is 0.250. The van der Waals surface area contributed by atoms with E-state index in [2.05, 4.69) is 58.2 Å². The molecule has 0 N–H and O–H groups in total. The van der Waals surface area contributed by atoms with E-state index in [-0.39, 0.29) is 0 Å². The van der Waals surface area contributed by atoms with Gasteiger partial charge in [-0.2, -0.15) is 0 Å². The van der Waals surface area contributed by atoms with Gasteiger partial charge in [0.05, 0.1) is 24.6 Å². The van der Waals surface area contributed by atoms with E-state index in [0.29, 0.717) is 0 Å². The van der Waals surface area contributed by atoms with E-state index in [1.807, 2.05) is 42.5 Å². The Balaban J connectivity index is 1.43. The monoisotopic (exact) mass is 471 g/mol. The molecule has 0 unspecified atom stereocenters. The van der Waals surface area contributed by atoms with Crippen LogP contribution in [0.2, 0.25) is 0 Å². The van der Waals surface area contributed by atoms with E-state index >= 15 is 0 Å². The summed E-state index contributed by atoms with van der Waals surface area (Å²) in [5, 5.41) is 2.21. The summed E-state index contributed by atoms with van der Waals surface area (Å²) < 4.78 is 13.8. The van der Waals surface area contributed by atoms with Crippen molar-refractivity contribution in [1.82, 2.24) is 9.47 Å². The second-order valence-electron chi connectivity index (χ2n) is 8.40. The normalized spacial score (nSPS) is 14.9. The maximum atomic E-state index is 5.98. The fourth-order valence-corrected chi connectivity index (χ4v) is 4.94. The number of para-hydroxylation sites is 1. The maximum Gasteiger partial charge on any atom is 0.190 e. The van der Waals surface area contributed by atoms with Gasteiger partial charge in [-0.3, -0.25) is 4.90 Å². The molecule has 1 fully saturated rings. The Morgan fingerprint density at radius 3 is 2.29 bits per heavy atom. The lowest BCUT2D eigenvalue weighted by atomic mass is 10.1. The van der Waals surface area contributed by atoms with E-state index in [1.165, 1.54) is 11.3 Å². The van der Waals surface area contributed by atoms with Crippen molar-refractivity contribution in [1.29, 1.82) is 0 Å². The summed E-state index contributed by atoms with van der Waals surface area (Å²) in [5.74, 6) is 1.67. The molecule has 6 heteroatoms. The molecule has 1 aliphatic heterocycles. The third kappa shape index (κ3) is 5.65. The molecule has 0 atom stereocenters. The number of aryl methyl sites for hydroxylation is 1. The van der Waals surface area contributed by atoms with Crippen LogP contribution < -0.4 is 9.54 Å². The van der Waals surface area contributed by atoms with Crippen LogP contribution in [0.5, 0.6) is 11.5 Å². The number of hydrogen-bond acceptors (Lipinski definition) is 5. The van der Waals surface area contributed by atoms with Crippen molar-refractivity contribution < 1.29 is 9.47 Å². The Bertz CT molecular complexity index is 1260. The van der Waals surface area contributed by atoms with Gasteiger partial charge in [0.25, 0.3) is 0 Å². The molecule has 34 heavy (non-hydrogen) atoms. The molecule has 1 aliphatic rings. The molecule has 0 radical (unpaired) electrons. The highest BCUT2D eigenvalue weighted by Crippen LogP contribution is 2.26. The summed E-state index contributed by atoms with van der Waals surface area (Å²) in [6.45, 7) is 7.54. The standard InChI is InChI=1S/C28H29N3O2S/c1-22-7-11-24(12-8-22)29-28-31(16-15-30-17-19-32-20-18-30)27(21-34-28)23-9-13-26(14-10-23)33-25-5-3-2-4-6-25/h2-14,21H,15-20H2,1H3. The molecule has 1 saturated heterocycles.